The quantitative estimate of drug-likeness (QED) is 0.661. The number of benzene rings is 1. The van der Waals surface area contributed by atoms with Gasteiger partial charge in [0, 0.05) is 36.7 Å². The Labute approximate surface area is 189 Å². The molecule has 3 rings (SSSR count). The Morgan fingerprint density at radius 1 is 1.31 bits per heavy atom. The molecule has 1 aliphatic heterocycles. The van der Waals surface area contributed by atoms with E-state index in [0.29, 0.717) is 13.0 Å². The van der Waals surface area contributed by atoms with E-state index in [4.69, 9.17) is 0 Å². The molecule has 2 heterocycles. The molecule has 2 aromatic rings. The molecule has 2 amide bonds. The minimum Gasteiger partial charge on any atom is -0.465 e. The Morgan fingerprint density at radius 2 is 2.03 bits per heavy atom. The van der Waals surface area contributed by atoms with Gasteiger partial charge in [0.2, 0.25) is 0 Å². The minimum atomic E-state index is -0.952. The normalized spacial score (nSPS) is 22.6. The first-order valence-corrected chi connectivity index (χ1v) is 11.2. The molecular formula is C23H35N6O3+. The number of aryl methyl sites for hydroxylation is 1. The van der Waals surface area contributed by atoms with Gasteiger partial charge in [0.1, 0.15) is 11.4 Å². The van der Waals surface area contributed by atoms with Crippen LogP contribution in [0.1, 0.15) is 45.2 Å². The summed E-state index contributed by atoms with van der Waals surface area (Å²) in [5.41, 5.74) is 3.33. The van der Waals surface area contributed by atoms with Gasteiger partial charge in [-0.2, -0.15) is 0 Å². The number of carboxylic acid groups (broad SMARTS) is 1. The van der Waals surface area contributed by atoms with Crippen molar-refractivity contribution in [2.75, 3.05) is 34.2 Å². The van der Waals surface area contributed by atoms with Crippen molar-refractivity contribution in [2.24, 2.45) is 0 Å². The summed E-state index contributed by atoms with van der Waals surface area (Å²) < 4.78 is 1.99. The van der Waals surface area contributed by atoms with Crippen LogP contribution in [0.2, 0.25) is 0 Å². The zero-order valence-corrected chi connectivity index (χ0v) is 19.9. The molecule has 32 heavy (non-hydrogen) atoms. The number of aromatic nitrogens is 3. The first-order valence-electron chi connectivity index (χ1n) is 11.2. The van der Waals surface area contributed by atoms with Gasteiger partial charge in [-0.25, -0.2) is 14.1 Å². The van der Waals surface area contributed by atoms with Gasteiger partial charge < -0.3 is 14.9 Å². The SMILES string of the molecule is CCN(C(=O)O)[C@@H]1C[C@H](C)[N+](C)(C(C)=O)c2ccc(-c3cn(CCCN(C)C)nn3)cc21. The summed E-state index contributed by atoms with van der Waals surface area (Å²) in [6, 6.07) is 5.55. The van der Waals surface area contributed by atoms with E-state index in [1.54, 1.807) is 6.92 Å². The topological polar surface area (TPSA) is 91.6 Å². The summed E-state index contributed by atoms with van der Waals surface area (Å²) in [4.78, 5) is 28.3. The Hall–Kier alpha value is -2.78. The smallest absolute Gasteiger partial charge is 0.407 e. The van der Waals surface area contributed by atoms with E-state index >= 15 is 0 Å². The molecule has 9 heteroatoms. The molecule has 0 saturated heterocycles. The Morgan fingerprint density at radius 3 is 2.62 bits per heavy atom. The molecule has 3 atom stereocenters. The highest BCUT2D eigenvalue weighted by Crippen LogP contribution is 2.45. The van der Waals surface area contributed by atoms with Crippen LogP contribution >= 0.6 is 0 Å². The molecule has 0 saturated carbocycles. The molecule has 9 nitrogen and oxygen atoms in total. The number of hydrogen-bond acceptors (Lipinski definition) is 5. The summed E-state index contributed by atoms with van der Waals surface area (Å²) in [6.45, 7) is 7.58. The Balaban J connectivity index is 2.02. The van der Waals surface area contributed by atoms with Crippen LogP contribution < -0.4 is 4.48 Å². The van der Waals surface area contributed by atoms with Crippen LogP contribution in [-0.4, -0.2) is 82.2 Å². The van der Waals surface area contributed by atoms with Crippen molar-refractivity contribution in [2.45, 2.75) is 52.2 Å². The van der Waals surface area contributed by atoms with E-state index in [0.717, 1.165) is 42.0 Å². The van der Waals surface area contributed by atoms with Crippen LogP contribution in [0.25, 0.3) is 11.3 Å². The van der Waals surface area contributed by atoms with Crippen LogP contribution in [0.3, 0.4) is 0 Å². The molecule has 0 bridgehead atoms. The number of carbonyl (C=O) groups excluding carboxylic acids is 1. The summed E-state index contributed by atoms with van der Waals surface area (Å²) >= 11 is 0. The van der Waals surface area contributed by atoms with Crippen molar-refractivity contribution in [3.63, 3.8) is 0 Å². The molecular weight excluding hydrogens is 408 g/mol. The van der Waals surface area contributed by atoms with Crippen LogP contribution in [0.15, 0.2) is 24.4 Å². The number of carbonyl (C=O) groups is 2. The number of fused-ring (bicyclic) bond motifs is 1. The number of quaternary nitrogens is 1. The van der Waals surface area contributed by atoms with Crippen molar-refractivity contribution >= 4 is 17.7 Å². The van der Waals surface area contributed by atoms with Gasteiger partial charge >= 0.3 is 12.0 Å². The number of nitrogens with zero attached hydrogens (tertiary/aromatic N) is 6. The van der Waals surface area contributed by atoms with E-state index < -0.39 is 6.09 Å². The van der Waals surface area contributed by atoms with Gasteiger partial charge in [0.15, 0.2) is 0 Å². The first-order chi connectivity index (χ1) is 15.1. The molecule has 0 spiro atoms. The minimum absolute atomic E-state index is 0.0372. The summed E-state index contributed by atoms with van der Waals surface area (Å²) in [6.07, 6.45) is 2.51. The molecule has 0 radical (unpaired) electrons. The molecule has 0 aliphatic carbocycles. The van der Waals surface area contributed by atoms with E-state index in [9.17, 15) is 14.7 Å². The number of hydrogen-bond donors (Lipinski definition) is 1. The lowest BCUT2D eigenvalue weighted by Gasteiger charge is -2.45. The second kappa shape index (κ2) is 9.38. The fraction of sp³-hybridized carbons (Fsp3) is 0.565. The maximum absolute atomic E-state index is 12.7. The lowest BCUT2D eigenvalue weighted by Crippen LogP contribution is -2.60. The molecule has 1 aromatic heterocycles. The van der Waals surface area contributed by atoms with Crippen LogP contribution in [-0.2, 0) is 11.3 Å². The maximum Gasteiger partial charge on any atom is 0.407 e. The fourth-order valence-corrected chi connectivity index (χ4v) is 4.66. The van der Waals surface area contributed by atoms with Crippen molar-refractivity contribution < 1.29 is 14.7 Å². The lowest BCUT2D eigenvalue weighted by atomic mass is 9.87. The third-order valence-corrected chi connectivity index (χ3v) is 6.78. The fourth-order valence-electron chi connectivity index (χ4n) is 4.66. The van der Waals surface area contributed by atoms with Gasteiger partial charge in [-0.3, -0.25) is 4.68 Å². The first kappa shape index (κ1) is 23.9. The van der Waals surface area contributed by atoms with E-state index in [2.05, 4.69) is 15.2 Å². The van der Waals surface area contributed by atoms with Crippen molar-refractivity contribution in [3.8, 4) is 11.3 Å². The molecule has 1 unspecified atom stereocenters. The van der Waals surface area contributed by atoms with Crippen molar-refractivity contribution in [3.05, 3.63) is 30.0 Å². The monoisotopic (exact) mass is 443 g/mol. The van der Waals surface area contributed by atoms with Gasteiger partial charge in [-0.15, -0.1) is 5.10 Å². The summed E-state index contributed by atoms with van der Waals surface area (Å²) in [5, 5.41) is 18.4. The standard InChI is InChI=1S/C23H34N6O3/c1-7-28(23(31)32)21-13-16(2)29(6,17(3)30)22-10-9-18(14-19(21)22)20-15-27(25-24-20)12-8-11-26(4)5/h9-10,14-16,21H,7-8,11-13H2,1-6H3/p+1/t16-,21+,29?/m0/s1. The second-order valence-corrected chi connectivity index (χ2v) is 9.06. The average molecular weight is 444 g/mol. The van der Waals surface area contributed by atoms with Crippen LogP contribution in [0, 0.1) is 0 Å². The third-order valence-electron chi connectivity index (χ3n) is 6.78. The second-order valence-electron chi connectivity index (χ2n) is 9.06. The van der Waals surface area contributed by atoms with Gasteiger partial charge in [0.05, 0.1) is 32.3 Å². The predicted octanol–water partition coefficient (Wildman–Crippen LogP) is 3.21. The molecule has 174 valence electrons. The highest BCUT2D eigenvalue weighted by Gasteiger charge is 2.47. The van der Waals surface area contributed by atoms with Gasteiger partial charge in [-0.05, 0) is 53.0 Å². The largest absolute Gasteiger partial charge is 0.465 e. The number of amides is 2. The van der Waals surface area contributed by atoms with Gasteiger partial charge in [-0.1, -0.05) is 5.21 Å². The molecule has 1 N–H and O–H groups in total. The van der Waals surface area contributed by atoms with Crippen LogP contribution in [0.5, 0.6) is 0 Å². The third kappa shape index (κ3) is 4.40. The summed E-state index contributed by atoms with van der Waals surface area (Å²) in [7, 11) is 6.00. The molecule has 0 fully saturated rings. The maximum atomic E-state index is 12.7. The van der Waals surface area contributed by atoms with E-state index in [1.165, 1.54) is 4.90 Å². The zero-order valence-electron chi connectivity index (χ0n) is 19.9. The molecule has 1 aromatic carbocycles. The zero-order chi connectivity index (χ0) is 23.6. The lowest BCUT2D eigenvalue weighted by molar-refractivity contribution is -0.129. The predicted molar refractivity (Wildman–Crippen MR) is 124 cm³/mol. The number of rotatable bonds is 7. The van der Waals surface area contributed by atoms with E-state index in [1.807, 2.05) is 64.1 Å². The average Bonchev–Trinajstić information content (AvgIpc) is 3.20. The Kier molecular flexibility index (Phi) is 7.00. The van der Waals surface area contributed by atoms with Gasteiger partial charge in [0.25, 0.3) is 0 Å². The molecule has 1 aliphatic rings. The van der Waals surface area contributed by atoms with Crippen molar-refractivity contribution in [1.82, 2.24) is 29.3 Å². The summed E-state index contributed by atoms with van der Waals surface area (Å²) in [5.74, 6) is 0.0372. The highest BCUT2D eigenvalue weighted by atomic mass is 16.4. The van der Waals surface area contributed by atoms with Crippen LogP contribution in [0.4, 0.5) is 10.5 Å². The van der Waals surface area contributed by atoms with Crippen molar-refractivity contribution in [1.29, 1.82) is 0 Å². The van der Waals surface area contributed by atoms with E-state index in [-0.39, 0.29) is 22.5 Å². The highest BCUT2D eigenvalue weighted by molar-refractivity contribution is 5.89. The Bertz CT molecular complexity index is 988.